The Morgan fingerprint density at radius 2 is 2.00 bits per heavy atom. The molecule has 0 amide bonds. The summed E-state index contributed by atoms with van der Waals surface area (Å²) in [6, 6.07) is 7.05. The van der Waals surface area contributed by atoms with Crippen molar-refractivity contribution >= 4 is 17.2 Å². The predicted octanol–water partition coefficient (Wildman–Crippen LogP) is 3.11. The van der Waals surface area contributed by atoms with Gasteiger partial charge in [-0.05, 0) is 24.3 Å². The van der Waals surface area contributed by atoms with Crippen LogP contribution < -0.4 is 10.5 Å². The van der Waals surface area contributed by atoms with Crippen molar-refractivity contribution in [2.24, 2.45) is 10.9 Å². The second kappa shape index (κ2) is 6.13. The SMILES string of the molecule is CC(C)(C)c1csc(COc2ccc(/C(N)=N/O)cc2)n1. The molecule has 1 aromatic heterocycles. The summed E-state index contributed by atoms with van der Waals surface area (Å²) in [6.45, 7) is 6.85. The van der Waals surface area contributed by atoms with Crippen LogP contribution in [-0.2, 0) is 12.0 Å². The Kier molecular flexibility index (Phi) is 4.47. The number of benzene rings is 1. The smallest absolute Gasteiger partial charge is 0.170 e. The van der Waals surface area contributed by atoms with Crippen LogP contribution in [0.3, 0.4) is 0 Å². The van der Waals surface area contributed by atoms with E-state index >= 15 is 0 Å². The number of hydrogen-bond acceptors (Lipinski definition) is 5. The van der Waals surface area contributed by atoms with Crippen LogP contribution in [0.1, 0.15) is 37.0 Å². The monoisotopic (exact) mass is 305 g/mol. The number of hydrogen-bond donors (Lipinski definition) is 2. The molecule has 0 aliphatic heterocycles. The normalized spacial score (nSPS) is 12.4. The summed E-state index contributed by atoms with van der Waals surface area (Å²) in [6.07, 6.45) is 0. The van der Waals surface area contributed by atoms with E-state index in [-0.39, 0.29) is 11.3 Å². The molecule has 0 saturated heterocycles. The van der Waals surface area contributed by atoms with Crippen LogP contribution in [0.25, 0.3) is 0 Å². The third-order valence-electron chi connectivity index (χ3n) is 2.94. The van der Waals surface area contributed by atoms with Crippen LogP contribution in [0.15, 0.2) is 34.8 Å². The summed E-state index contributed by atoms with van der Waals surface area (Å²) < 4.78 is 5.69. The molecule has 0 unspecified atom stereocenters. The second-order valence-corrected chi connectivity index (χ2v) is 6.62. The Labute approximate surface area is 128 Å². The van der Waals surface area contributed by atoms with Gasteiger partial charge in [0.25, 0.3) is 0 Å². The molecule has 1 aromatic carbocycles. The standard InChI is InChI=1S/C15H19N3O2S/c1-15(2,3)12-9-21-13(17-12)8-20-11-6-4-10(5-7-11)14(16)18-19/h4-7,9,19H,8H2,1-3H3,(H2,16,18). The minimum atomic E-state index is 0.0531. The molecule has 1 heterocycles. The van der Waals surface area contributed by atoms with E-state index in [1.165, 1.54) is 0 Å². The summed E-state index contributed by atoms with van der Waals surface area (Å²) in [5, 5.41) is 14.6. The maximum absolute atomic E-state index is 8.60. The zero-order chi connectivity index (χ0) is 15.5. The molecule has 5 nitrogen and oxygen atoms in total. The molecular formula is C15H19N3O2S. The Bertz CT molecular complexity index is 627. The lowest BCUT2D eigenvalue weighted by Gasteiger charge is -2.14. The molecule has 112 valence electrons. The summed E-state index contributed by atoms with van der Waals surface area (Å²) in [5.41, 5.74) is 7.28. The first-order valence-electron chi connectivity index (χ1n) is 6.56. The average molecular weight is 305 g/mol. The molecule has 0 bridgehead atoms. The van der Waals surface area contributed by atoms with E-state index in [1.807, 2.05) is 0 Å². The fourth-order valence-corrected chi connectivity index (χ4v) is 2.58. The van der Waals surface area contributed by atoms with Crippen LogP contribution in [0.4, 0.5) is 0 Å². The van der Waals surface area contributed by atoms with Gasteiger partial charge in [-0.1, -0.05) is 25.9 Å². The first-order valence-corrected chi connectivity index (χ1v) is 7.44. The Hall–Kier alpha value is -2.08. The number of aromatic nitrogens is 1. The largest absolute Gasteiger partial charge is 0.486 e. The highest BCUT2D eigenvalue weighted by molar-refractivity contribution is 7.09. The third-order valence-corrected chi connectivity index (χ3v) is 3.76. The quantitative estimate of drug-likeness (QED) is 0.393. The second-order valence-electron chi connectivity index (χ2n) is 5.67. The number of amidine groups is 1. The molecule has 6 heteroatoms. The first-order chi connectivity index (χ1) is 9.90. The van der Waals surface area contributed by atoms with Gasteiger partial charge in [-0.2, -0.15) is 0 Å². The molecule has 2 rings (SSSR count). The van der Waals surface area contributed by atoms with Gasteiger partial charge in [-0.15, -0.1) is 11.3 Å². The molecule has 0 aliphatic rings. The van der Waals surface area contributed by atoms with Gasteiger partial charge in [0.1, 0.15) is 17.4 Å². The number of thiazole rings is 1. The van der Waals surface area contributed by atoms with E-state index < -0.39 is 0 Å². The van der Waals surface area contributed by atoms with Crippen molar-refractivity contribution in [1.29, 1.82) is 0 Å². The summed E-state index contributed by atoms with van der Waals surface area (Å²) in [4.78, 5) is 4.58. The van der Waals surface area contributed by atoms with Crippen molar-refractivity contribution in [3.05, 3.63) is 45.9 Å². The van der Waals surface area contributed by atoms with Crippen molar-refractivity contribution in [2.75, 3.05) is 0 Å². The van der Waals surface area contributed by atoms with Crippen LogP contribution in [0.5, 0.6) is 5.75 Å². The van der Waals surface area contributed by atoms with Gasteiger partial charge in [0.05, 0.1) is 5.69 Å². The maximum Gasteiger partial charge on any atom is 0.170 e. The zero-order valence-corrected chi connectivity index (χ0v) is 13.1. The molecule has 3 N–H and O–H groups in total. The molecule has 21 heavy (non-hydrogen) atoms. The van der Waals surface area contributed by atoms with Crippen LogP contribution in [0, 0.1) is 0 Å². The van der Waals surface area contributed by atoms with Crippen LogP contribution in [0.2, 0.25) is 0 Å². The predicted molar refractivity (Wildman–Crippen MR) is 84.1 cm³/mol. The highest BCUT2D eigenvalue weighted by atomic mass is 32.1. The number of nitrogens with two attached hydrogens (primary N) is 1. The Morgan fingerprint density at radius 1 is 1.33 bits per heavy atom. The van der Waals surface area contributed by atoms with E-state index in [4.69, 9.17) is 15.7 Å². The van der Waals surface area contributed by atoms with Crippen molar-refractivity contribution in [3.8, 4) is 5.75 Å². The van der Waals surface area contributed by atoms with Crippen LogP contribution in [-0.4, -0.2) is 16.0 Å². The summed E-state index contributed by atoms with van der Waals surface area (Å²) in [5.74, 6) is 0.799. The van der Waals surface area contributed by atoms with Gasteiger partial charge < -0.3 is 15.7 Å². The third kappa shape index (κ3) is 3.95. The molecule has 2 aromatic rings. The fraction of sp³-hybridized carbons (Fsp3) is 0.333. The summed E-state index contributed by atoms with van der Waals surface area (Å²) in [7, 11) is 0. The van der Waals surface area contributed by atoms with Gasteiger partial charge in [0.15, 0.2) is 5.84 Å². The number of nitrogens with zero attached hydrogens (tertiary/aromatic N) is 2. The molecule has 0 atom stereocenters. The molecular weight excluding hydrogens is 286 g/mol. The van der Waals surface area contributed by atoms with Gasteiger partial charge in [-0.25, -0.2) is 4.98 Å². The lowest BCUT2D eigenvalue weighted by Crippen LogP contribution is -2.12. The molecule has 0 radical (unpaired) electrons. The van der Waals surface area contributed by atoms with Gasteiger partial charge in [-0.3, -0.25) is 0 Å². The van der Waals surface area contributed by atoms with Crippen molar-refractivity contribution in [3.63, 3.8) is 0 Å². The van der Waals surface area contributed by atoms with Gasteiger partial charge in [0, 0.05) is 16.4 Å². The molecule has 0 fully saturated rings. The minimum Gasteiger partial charge on any atom is -0.486 e. The molecule has 0 aliphatic carbocycles. The lowest BCUT2D eigenvalue weighted by molar-refractivity contribution is 0.305. The summed E-state index contributed by atoms with van der Waals surface area (Å²) >= 11 is 1.60. The van der Waals surface area contributed by atoms with Crippen molar-refractivity contribution in [1.82, 2.24) is 4.98 Å². The topological polar surface area (TPSA) is 80.7 Å². The van der Waals surface area contributed by atoms with Crippen molar-refractivity contribution < 1.29 is 9.94 Å². The van der Waals surface area contributed by atoms with E-state index in [1.54, 1.807) is 35.6 Å². The highest BCUT2D eigenvalue weighted by Crippen LogP contribution is 2.24. The van der Waals surface area contributed by atoms with E-state index in [0.717, 1.165) is 16.5 Å². The van der Waals surface area contributed by atoms with E-state index in [0.29, 0.717) is 12.2 Å². The Balaban J connectivity index is 1.98. The number of rotatable bonds is 4. The fourth-order valence-electron chi connectivity index (χ4n) is 1.65. The van der Waals surface area contributed by atoms with Gasteiger partial charge >= 0.3 is 0 Å². The maximum atomic E-state index is 8.60. The molecule has 0 spiro atoms. The first kappa shape index (κ1) is 15.3. The van der Waals surface area contributed by atoms with E-state index in [9.17, 15) is 0 Å². The Morgan fingerprint density at radius 3 is 2.52 bits per heavy atom. The van der Waals surface area contributed by atoms with Crippen LogP contribution >= 0.6 is 11.3 Å². The lowest BCUT2D eigenvalue weighted by atomic mass is 9.93. The molecule has 0 saturated carbocycles. The number of ether oxygens (including phenoxy) is 1. The number of oxime groups is 1. The van der Waals surface area contributed by atoms with E-state index in [2.05, 4.69) is 36.3 Å². The zero-order valence-electron chi connectivity index (χ0n) is 12.3. The van der Waals surface area contributed by atoms with Crippen molar-refractivity contribution in [2.45, 2.75) is 32.8 Å². The van der Waals surface area contributed by atoms with Gasteiger partial charge in [0.2, 0.25) is 0 Å². The highest BCUT2D eigenvalue weighted by Gasteiger charge is 2.17. The minimum absolute atomic E-state index is 0.0531. The average Bonchev–Trinajstić information content (AvgIpc) is 2.94.